The number of carbonyl (C=O) groups excluding carboxylic acids is 2. The van der Waals surface area contributed by atoms with Crippen molar-refractivity contribution in [2.75, 3.05) is 13.6 Å². The van der Waals surface area contributed by atoms with Crippen LogP contribution in [0.1, 0.15) is 44.9 Å². The van der Waals surface area contributed by atoms with Gasteiger partial charge in [0, 0.05) is 33.0 Å². The normalized spacial score (nSPS) is 15.2. The van der Waals surface area contributed by atoms with Gasteiger partial charge in [0.15, 0.2) is 0 Å². The molecule has 0 atom stereocenters. The van der Waals surface area contributed by atoms with Gasteiger partial charge in [-0.25, -0.2) is 4.98 Å². The minimum Gasteiger partial charge on any atom is -0.356 e. The standard InChI is InChI=1S/C20H28N4O2/c1-15(25)21-13-12-19-22-17-10-6-7-11-18(17)24(19)14-20(26)23(2)16-8-4-3-5-9-16/h6-7,10-11,16H,3-5,8-9,12-14H2,1-2H3,(H,21,25). The van der Waals surface area contributed by atoms with Gasteiger partial charge in [0.2, 0.25) is 11.8 Å². The largest absolute Gasteiger partial charge is 0.356 e. The average Bonchev–Trinajstić information content (AvgIpc) is 2.99. The second kappa shape index (κ2) is 8.34. The van der Waals surface area contributed by atoms with Crippen LogP contribution in [0.15, 0.2) is 24.3 Å². The Labute approximate surface area is 154 Å². The third-order valence-electron chi connectivity index (χ3n) is 5.27. The van der Waals surface area contributed by atoms with Crippen molar-refractivity contribution < 1.29 is 9.59 Å². The summed E-state index contributed by atoms with van der Waals surface area (Å²) in [7, 11) is 1.93. The van der Waals surface area contributed by atoms with Crippen LogP contribution in [0.3, 0.4) is 0 Å². The minimum atomic E-state index is -0.0548. The summed E-state index contributed by atoms with van der Waals surface area (Å²) in [6.45, 7) is 2.32. The minimum absolute atomic E-state index is 0.0548. The fourth-order valence-corrected chi connectivity index (χ4v) is 3.76. The molecule has 1 aliphatic carbocycles. The van der Waals surface area contributed by atoms with E-state index in [1.54, 1.807) is 0 Å². The molecule has 1 N–H and O–H groups in total. The first-order valence-corrected chi connectivity index (χ1v) is 9.50. The van der Waals surface area contributed by atoms with Gasteiger partial charge in [0.25, 0.3) is 0 Å². The van der Waals surface area contributed by atoms with E-state index in [1.807, 2.05) is 40.8 Å². The Kier molecular flexibility index (Phi) is 5.91. The van der Waals surface area contributed by atoms with Crippen LogP contribution >= 0.6 is 0 Å². The van der Waals surface area contributed by atoms with E-state index < -0.39 is 0 Å². The van der Waals surface area contributed by atoms with Gasteiger partial charge in [-0.1, -0.05) is 31.4 Å². The number of imidazole rings is 1. The molecular weight excluding hydrogens is 328 g/mol. The molecule has 1 fully saturated rings. The number of benzene rings is 1. The summed E-state index contributed by atoms with van der Waals surface area (Å²) in [6, 6.07) is 8.23. The van der Waals surface area contributed by atoms with Gasteiger partial charge in [-0.05, 0) is 25.0 Å². The molecule has 2 amide bonds. The fourth-order valence-electron chi connectivity index (χ4n) is 3.76. The lowest BCUT2D eigenvalue weighted by Gasteiger charge is -2.31. The molecule has 0 spiro atoms. The van der Waals surface area contributed by atoms with E-state index in [-0.39, 0.29) is 11.8 Å². The molecule has 1 aromatic carbocycles. The van der Waals surface area contributed by atoms with Crippen LogP contribution in [0.2, 0.25) is 0 Å². The van der Waals surface area contributed by atoms with Crippen LogP contribution in [0, 0.1) is 0 Å². The molecule has 1 aliphatic rings. The maximum atomic E-state index is 12.9. The van der Waals surface area contributed by atoms with Crippen molar-refractivity contribution in [1.82, 2.24) is 19.8 Å². The number of hydrogen-bond acceptors (Lipinski definition) is 3. The molecule has 140 valence electrons. The molecular formula is C20H28N4O2. The van der Waals surface area contributed by atoms with Crippen LogP contribution < -0.4 is 5.32 Å². The Morgan fingerprint density at radius 1 is 1.23 bits per heavy atom. The molecule has 6 heteroatoms. The molecule has 1 saturated carbocycles. The summed E-state index contributed by atoms with van der Waals surface area (Å²) in [6.07, 6.45) is 6.49. The van der Waals surface area contributed by atoms with Crippen LogP contribution in [0.5, 0.6) is 0 Å². The van der Waals surface area contributed by atoms with Gasteiger partial charge < -0.3 is 14.8 Å². The first kappa shape index (κ1) is 18.4. The summed E-state index contributed by atoms with van der Waals surface area (Å²) in [4.78, 5) is 30.6. The number of nitrogens with one attached hydrogen (secondary N) is 1. The van der Waals surface area contributed by atoms with E-state index in [1.165, 1.54) is 26.2 Å². The molecule has 0 radical (unpaired) electrons. The third kappa shape index (κ3) is 4.23. The predicted octanol–water partition coefficient (Wildman–Crippen LogP) is 2.51. The number of amides is 2. The first-order chi connectivity index (χ1) is 12.6. The summed E-state index contributed by atoms with van der Waals surface area (Å²) in [5.74, 6) is 0.909. The Morgan fingerprint density at radius 2 is 1.96 bits per heavy atom. The smallest absolute Gasteiger partial charge is 0.242 e. The average molecular weight is 356 g/mol. The number of nitrogens with zero attached hydrogens (tertiary/aromatic N) is 3. The molecule has 0 aliphatic heterocycles. The van der Waals surface area contributed by atoms with Crippen LogP contribution in [0.4, 0.5) is 0 Å². The second-order valence-corrected chi connectivity index (χ2v) is 7.13. The monoisotopic (exact) mass is 356 g/mol. The maximum absolute atomic E-state index is 12.9. The molecule has 26 heavy (non-hydrogen) atoms. The highest BCUT2D eigenvalue weighted by molar-refractivity contribution is 5.81. The number of para-hydroxylation sites is 2. The number of fused-ring (bicyclic) bond motifs is 1. The molecule has 6 nitrogen and oxygen atoms in total. The Morgan fingerprint density at radius 3 is 2.69 bits per heavy atom. The maximum Gasteiger partial charge on any atom is 0.242 e. The van der Waals surface area contributed by atoms with E-state index in [9.17, 15) is 9.59 Å². The van der Waals surface area contributed by atoms with Crippen molar-refractivity contribution in [3.05, 3.63) is 30.1 Å². The van der Waals surface area contributed by atoms with Crippen LogP contribution in [-0.4, -0.2) is 45.9 Å². The van der Waals surface area contributed by atoms with Crippen molar-refractivity contribution >= 4 is 22.8 Å². The van der Waals surface area contributed by atoms with Crippen molar-refractivity contribution in [2.24, 2.45) is 0 Å². The van der Waals surface area contributed by atoms with Crippen molar-refractivity contribution in [2.45, 2.75) is 58.0 Å². The molecule has 1 heterocycles. The molecule has 0 bridgehead atoms. The van der Waals surface area contributed by atoms with Gasteiger partial charge in [0.05, 0.1) is 11.0 Å². The number of rotatable bonds is 6. The Balaban J connectivity index is 1.78. The van der Waals surface area contributed by atoms with Gasteiger partial charge in [-0.15, -0.1) is 0 Å². The van der Waals surface area contributed by atoms with Crippen molar-refractivity contribution in [1.29, 1.82) is 0 Å². The summed E-state index contributed by atoms with van der Waals surface area (Å²) >= 11 is 0. The van der Waals surface area contributed by atoms with Gasteiger partial charge >= 0.3 is 0 Å². The number of carbonyl (C=O) groups is 2. The first-order valence-electron chi connectivity index (χ1n) is 9.50. The van der Waals surface area contributed by atoms with Gasteiger partial charge in [0.1, 0.15) is 12.4 Å². The molecule has 0 saturated heterocycles. The predicted molar refractivity (Wildman–Crippen MR) is 102 cm³/mol. The zero-order chi connectivity index (χ0) is 18.5. The lowest BCUT2D eigenvalue weighted by atomic mass is 9.94. The van der Waals surface area contributed by atoms with Crippen molar-refractivity contribution in [3.63, 3.8) is 0 Å². The Bertz CT molecular complexity index is 777. The zero-order valence-corrected chi connectivity index (χ0v) is 15.7. The lowest BCUT2D eigenvalue weighted by Crippen LogP contribution is -2.40. The van der Waals surface area contributed by atoms with E-state index in [0.717, 1.165) is 29.7 Å². The van der Waals surface area contributed by atoms with E-state index in [4.69, 9.17) is 0 Å². The summed E-state index contributed by atoms with van der Waals surface area (Å²) in [5.41, 5.74) is 1.86. The van der Waals surface area contributed by atoms with Crippen LogP contribution in [-0.2, 0) is 22.6 Å². The topological polar surface area (TPSA) is 67.2 Å². The highest BCUT2D eigenvalue weighted by Gasteiger charge is 2.23. The zero-order valence-electron chi connectivity index (χ0n) is 15.7. The van der Waals surface area contributed by atoms with Crippen LogP contribution in [0.25, 0.3) is 11.0 Å². The van der Waals surface area contributed by atoms with Gasteiger partial charge in [-0.2, -0.15) is 0 Å². The second-order valence-electron chi connectivity index (χ2n) is 7.13. The SMILES string of the molecule is CC(=O)NCCc1nc2ccccc2n1CC(=O)N(C)C1CCCCC1. The molecule has 2 aromatic rings. The number of likely N-dealkylation sites (N-methyl/N-ethyl adjacent to an activating group) is 1. The van der Waals surface area contributed by atoms with E-state index >= 15 is 0 Å². The molecule has 0 unspecified atom stereocenters. The van der Waals surface area contributed by atoms with E-state index in [2.05, 4.69) is 10.3 Å². The molecule has 1 aromatic heterocycles. The molecule has 3 rings (SSSR count). The number of aromatic nitrogens is 2. The lowest BCUT2D eigenvalue weighted by molar-refractivity contribution is -0.133. The Hall–Kier alpha value is -2.37. The van der Waals surface area contributed by atoms with Crippen molar-refractivity contribution in [3.8, 4) is 0 Å². The highest BCUT2D eigenvalue weighted by Crippen LogP contribution is 2.23. The fraction of sp³-hybridized carbons (Fsp3) is 0.550. The van der Waals surface area contributed by atoms with E-state index in [0.29, 0.717) is 25.6 Å². The summed E-state index contributed by atoms with van der Waals surface area (Å²) < 4.78 is 2.00. The summed E-state index contributed by atoms with van der Waals surface area (Å²) in [5, 5.41) is 2.81. The van der Waals surface area contributed by atoms with Gasteiger partial charge in [-0.3, -0.25) is 9.59 Å². The highest BCUT2D eigenvalue weighted by atomic mass is 16.2. The quantitative estimate of drug-likeness (QED) is 0.865. The number of hydrogen-bond donors (Lipinski definition) is 1. The third-order valence-corrected chi connectivity index (χ3v) is 5.27.